The molecular formula is C72H91IN6O18. The van der Waals surface area contributed by atoms with Gasteiger partial charge in [0.15, 0.2) is 3.61 Å². The normalized spacial score (nSPS) is 13.1. The average Bonchev–Trinajstić information content (AvgIpc) is 0.777. The van der Waals surface area contributed by atoms with E-state index in [9.17, 15) is 43.2 Å². The highest BCUT2D eigenvalue weighted by molar-refractivity contribution is 14.1. The zero-order chi connectivity index (χ0) is 72.0. The molecule has 3 N–H and O–H groups in total. The highest BCUT2D eigenvalue weighted by Crippen LogP contribution is 2.39. The van der Waals surface area contributed by atoms with Crippen molar-refractivity contribution in [2.75, 3.05) is 4.90 Å². The van der Waals surface area contributed by atoms with Gasteiger partial charge < -0.3 is 63.5 Å². The number of alkyl carbamates (subject to hydrolysis) is 3. The van der Waals surface area contributed by atoms with Crippen LogP contribution in [-0.4, -0.2) is 114 Å². The highest BCUT2D eigenvalue weighted by atomic mass is 127. The van der Waals surface area contributed by atoms with Gasteiger partial charge in [0, 0.05) is 47.1 Å². The molecule has 0 aliphatic rings. The van der Waals surface area contributed by atoms with Crippen LogP contribution < -0.4 is 20.9 Å². The summed E-state index contributed by atoms with van der Waals surface area (Å²) in [5, 5.41) is 10.8. The molecule has 0 saturated heterocycles. The van der Waals surface area contributed by atoms with E-state index >= 15 is 0 Å². The van der Waals surface area contributed by atoms with Gasteiger partial charge in [-0.15, -0.1) is 0 Å². The molecule has 0 aliphatic carbocycles. The maximum Gasteiger partial charge on any atom is 0.408 e. The van der Waals surface area contributed by atoms with Crippen molar-refractivity contribution in [2.45, 2.75) is 226 Å². The van der Waals surface area contributed by atoms with Crippen molar-refractivity contribution >= 4 is 126 Å². The quantitative estimate of drug-likeness (QED) is 0.0208. The number of benzene rings is 4. The molecule has 25 heteroatoms. The van der Waals surface area contributed by atoms with Crippen molar-refractivity contribution in [3.8, 4) is 0 Å². The third kappa shape index (κ3) is 26.9. The molecule has 0 saturated carbocycles. The number of pyridine rings is 2. The molecule has 6 rings (SSSR count). The Morgan fingerprint density at radius 1 is 0.381 bits per heavy atom. The van der Waals surface area contributed by atoms with Crippen molar-refractivity contribution < 1.29 is 85.8 Å². The fraction of sp³-hybridized carbons (Fsp3) is 0.486. The lowest BCUT2D eigenvalue weighted by Crippen LogP contribution is -2.46. The molecule has 3 amide bonds. The Kier molecular flexibility index (Phi) is 25.8. The van der Waals surface area contributed by atoms with E-state index < -0.39 is 104 Å². The second-order valence-electron chi connectivity index (χ2n) is 28.6. The maximum atomic E-state index is 13.3. The van der Waals surface area contributed by atoms with Crippen LogP contribution in [0.4, 0.5) is 31.4 Å². The summed E-state index contributed by atoms with van der Waals surface area (Å²) in [5.41, 5.74) is 0.315. The van der Waals surface area contributed by atoms with Crippen LogP contribution in [0.25, 0.3) is 32.6 Å². The van der Waals surface area contributed by atoms with Gasteiger partial charge in [-0.05, 0) is 230 Å². The van der Waals surface area contributed by atoms with Gasteiger partial charge >= 0.3 is 54.1 Å². The number of nitrogens with zero attached hydrogens (tertiary/aromatic N) is 3. The molecule has 24 nitrogen and oxygen atoms in total. The SMILES string of the molecule is CC(C)(C)OC(=O)N[C@@H](CCC(=O)OCc1ccc2ccc(N(c3ccc4ccc(COC(=O)CC[C@H](NC(=O)OC(C)(C)C)C(=O)OC(C)(C)I)cc4c3)c3ccc4ccc(COC(=O)CC[C@H](NC(=O)OC(C)(C)C)C(=O)OC(C)(C)C)nc4c3)cc2n1)C(=O)OC(C)(C)C. The highest BCUT2D eigenvalue weighted by Gasteiger charge is 2.33. The predicted molar refractivity (Wildman–Crippen MR) is 372 cm³/mol. The Hall–Kier alpha value is -8.88. The number of alkyl halides is 1. The van der Waals surface area contributed by atoms with Crippen LogP contribution in [0.5, 0.6) is 0 Å². The lowest BCUT2D eigenvalue weighted by Gasteiger charge is -2.26. The third-order valence-corrected chi connectivity index (χ3v) is 13.5. The molecule has 6 aromatic rings. The van der Waals surface area contributed by atoms with Crippen LogP contribution in [0.2, 0.25) is 0 Å². The second-order valence-corrected chi connectivity index (χ2v) is 31.2. The Bertz CT molecular complexity index is 3460. The Morgan fingerprint density at radius 2 is 0.701 bits per heavy atom. The summed E-state index contributed by atoms with van der Waals surface area (Å²) in [7, 11) is 0. The first-order valence-corrected chi connectivity index (χ1v) is 32.9. The van der Waals surface area contributed by atoms with Crippen molar-refractivity contribution in [1.82, 2.24) is 25.9 Å². The fourth-order valence-corrected chi connectivity index (χ4v) is 9.54. The van der Waals surface area contributed by atoms with Crippen LogP contribution >= 0.6 is 22.6 Å². The molecule has 0 spiro atoms. The van der Waals surface area contributed by atoms with Crippen molar-refractivity contribution in [3.05, 3.63) is 114 Å². The van der Waals surface area contributed by atoms with E-state index in [0.29, 0.717) is 45.0 Å². The number of carbonyl (C=O) groups is 9. The number of carbonyl (C=O) groups excluding carboxylic acids is 9. The number of fused-ring (bicyclic) bond motifs is 3. The first-order valence-electron chi connectivity index (χ1n) is 31.9. The maximum absolute atomic E-state index is 13.3. The smallest absolute Gasteiger partial charge is 0.408 e. The van der Waals surface area contributed by atoms with Gasteiger partial charge in [0.25, 0.3) is 0 Å². The monoisotopic (exact) mass is 1450 g/mol. The van der Waals surface area contributed by atoms with Gasteiger partial charge in [0.1, 0.15) is 66.0 Å². The molecule has 97 heavy (non-hydrogen) atoms. The summed E-state index contributed by atoms with van der Waals surface area (Å²) >= 11 is 1.95. The fourth-order valence-electron chi connectivity index (χ4n) is 9.32. The van der Waals surface area contributed by atoms with Crippen LogP contribution in [0.1, 0.15) is 173 Å². The van der Waals surface area contributed by atoms with Crippen LogP contribution in [0.15, 0.2) is 97.1 Å². The van der Waals surface area contributed by atoms with E-state index in [1.54, 1.807) is 130 Å². The Morgan fingerprint density at radius 3 is 1.06 bits per heavy atom. The lowest BCUT2D eigenvalue weighted by molar-refractivity contribution is -0.159. The van der Waals surface area contributed by atoms with Gasteiger partial charge in [0.2, 0.25) is 0 Å². The van der Waals surface area contributed by atoms with Gasteiger partial charge in [-0.25, -0.2) is 38.7 Å². The molecule has 0 bridgehead atoms. The topological polar surface area (TPSA) is 302 Å². The predicted octanol–water partition coefficient (Wildman–Crippen LogP) is 14.0. The zero-order valence-electron chi connectivity index (χ0n) is 58.4. The number of anilines is 3. The van der Waals surface area contributed by atoms with Gasteiger partial charge in [0.05, 0.1) is 22.4 Å². The standard InChI is InChI=1S/C72H91IN6O18/c1-67(2,3)92-61(83)53(76-64(86)95-69(7,8)9)30-34-59(81)90-41-48-25-20-45-23-28-51(38-56(45)74-48)79(50-27-22-44-19-18-43(36-47(44)37-50)40-89-58(80)33-32-55(63(85)94-72(16,17)73)78-66(88)97-71(13,14)15)52-29-24-46-21-26-49(75-57(46)39-52)42-91-60(82)35-31-54(62(84)93-68(4,5)6)77-65(87)96-70(10,11)12/h18-29,36-39,53-55H,30-35,40-42H2,1-17H3,(H,76,86)(H,77,87)(H,78,88)/t53-,54-,55-/m0/s1. The van der Waals surface area contributed by atoms with E-state index in [2.05, 4.69) is 16.0 Å². The molecule has 4 aromatic carbocycles. The largest absolute Gasteiger partial charge is 0.461 e. The molecule has 2 aromatic heterocycles. The Balaban J connectivity index is 1.28. The van der Waals surface area contributed by atoms with Crippen LogP contribution in [0, 0.1) is 0 Å². The molecule has 0 unspecified atom stereocenters. The minimum atomic E-state index is -1.20. The third-order valence-electron chi connectivity index (χ3n) is 13.3. The number of esters is 6. The molecule has 524 valence electrons. The first kappa shape index (κ1) is 77.1. The van der Waals surface area contributed by atoms with Crippen molar-refractivity contribution in [2.24, 2.45) is 0 Å². The van der Waals surface area contributed by atoms with E-state index in [1.807, 2.05) is 112 Å². The average molecular weight is 1460 g/mol. The van der Waals surface area contributed by atoms with Crippen LogP contribution in [-0.2, 0) is 91.2 Å². The first-order chi connectivity index (χ1) is 44.9. The number of nitrogens with one attached hydrogen (secondary N) is 3. The number of amides is 3. The van der Waals surface area contributed by atoms with Crippen molar-refractivity contribution in [1.29, 1.82) is 0 Å². The van der Waals surface area contributed by atoms with Gasteiger partial charge in [-0.1, -0.05) is 42.5 Å². The Labute approximate surface area is 579 Å². The number of aromatic nitrogens is 2. The lowest BCUT2D eigenvalue weighted by atomic mass is 10.0. The number of halogens is 1. The number of ether oxygens (including phenoxy) is 9. The zero-order valence-corrected chi connectivity index (χ0v) is 60.6. The summed E-state index contributed by atoms with van der Waals surface area (Å²) in [6, 6.07) is 26.5. The van der Waals surface area contributed by atoms with Crippen LogP contribution in [0.3, 0.4) is 0 Å². The van der Waals surface area contributed by atoms with E-state index in [0.717, 1.165) is 21.5 Å². The van der Waals surface area contributed by atoms with E-state index in [1.165, 1.54) is 0 Å². The number of rotatable bonds is 25. The minimum Gasteiger partial charge on any atom is -0.461 e. The minimum absolute atomic E-state index is 0.115. The van der Waals surface area contributed by atoms with E-state index in [4.69, 9.17) is 52.6 Å². The summed E-state index contributed by atoms with van der Waals surface area (Å²) in [6.07, 6.45) is -3.64. The molecule has 0 aliphatic heterocycles. The summed E-state index contributed by atoms with van der Waals surface area (Å²) in [6.45, 7) is 28.1. The van der Waals surface area contributed by atoms with Gasteiger partial charge in [-0.3, -0.25) is 14.4 Å². The summed E-state index contributed by atoms with van der Waals surface area (Å²) < 4.78 is 48.9. The molecule has 0 fully saturated rings. The number of hydrogen-bond donors (Lipinski definition) is 3. The summed E-state index contributed by atoms with van der Waals surface area (Å²) in [5.74, 6) is -4.14. The molecule has 0 radical (unpaired) electrons. The van der Waals surface area contributed by atoms with Gasteiger partial charge in [-0.2, -0.15) is 0 Å². The van der Waals surface area contributed by atoms with E-state index in [-0.39, 0.29) is 58.3 Å². The van der Waals surface area contributed by atoms with Crippen molar-refractivity contribution in [3.63, 3.8) is 0 Å². The molecule has 3 atom stereocenters. The number of hydrogen-bond acceptors (Lipinski definition) is 21. The summed E-state index contributed by atoms with van der Waals surface area (Å²) in [4.78, 5) is 129. The molecular weight excluding hydrogens is 1360 g/mol. The molecule has 2 heterocycles. The second kappa shape index (κ2) is 32.4.